The molecule has 0 heterocycles. The number of hydrogen-bond acceptors (Lipinski definition) is 8. The van der Waals surface area contributed by atoms with Crippen molar-refractivity contribution in [3.8, 4) is 0 Å². The summed E-state index contributed by atoms with van der Waals surface area (Å²) in [6.07, 6.45) is 0.402. The normalized spacial score (nSPS) is 21.5. The van der Waals surface area contributed by atoms with Crippen LogP contribution in [0, 0.1) is 37.5 Å². The van der Waals surface area contributed by atoms with Gasteiger partial charge in [-0.25, -0.2) is 0 Å². The molecule has 25 heavy (non-hydrogen) atoms. The average molecular weight is 349 g/mol. The molecule has 0 unspecified atom stereocenters. The lowest BCUT2D eigenvalue weighted by Gasteiger charge is -2.05. The first-order valence-electron chi connectivity index (χ1n) is 7.48. The molecule has 1 saturated carbocycles. The van der Waals surface area contributed by atoms with Gasteiger partial charge in [0.25, 0.3) is 5.69 Å². The maximum absolute atomic E-state index is 11.1. The molecule has 0 bridgehead atoms. The molecule has 1 fully saturated rings. The summed E-state index contributed by atoms with van der Waals surface area (Å²) in [7, 11) is 0. The van der Waals surface area contributed by atoms with E-state index in [0.717, 1.165) is 12.1 Å². The number of carboxylic acid groups (broad SMARTS) is 1. The zero-order valence-electron chi connectivity index (χ0n) is 13.9. The molecule has 0 saturated heterocycles. The molecule has 1 aliphatic rings. The minimum Gasteiger partial charge on any atom is -0.550 e. The van der Waals surface area contributed by atoms with Crippen LogP contribution in [0.1, 0.15) is 27.2 Å². The molecule has 1 aromatic carbocycles. The fourth-order valence-corrected chi connectivity index (χ4v) is 2.99. The first kappa shape index (κ1) is 18.3. The van der Waals surface area contributed by atoms with Gasteiger partial charge < -0.3 is 9.90 Å². The number of nitro benzene ring substituents is 2. The van der Waals surface area contributed by atoms with Gasteiger partial charge >= 0.3 is 5.69 Å². The Kier molecular flexibility index (Phi) is 4.73. The Morgan fingerprint density at radius 1 is 1.28 bits per heavy atom. The SMILES string of the molecule is C/C(C[C@H]1[C@@H](C(=O)[O-])C1(C)C)=N/Nc1ccc([N+](=O)[O-])cc1[N+](=O)[O-]. The van der Waals surface area contributed by atoms with E-state index in [2.05, 4.69) is 10.5 Å². The van der Waals surface area contributed by atoms with E-state index in [9.17, 15) is 30.1 Å². The van der Waals surface area contributed by atoms with Crippen LogP contribution in [0.25, 0.3) is 0 Å². The highest BCUT2D eigenvalue weighted by Crippen LogP contribution is 2.59. The predicted octanol–water partition coefficient (Wildman–Crippen LogP) is 1.70. The van der Waals surface area contributed by atoms with Crippen LogP contribution in [-0.4, -0.2) is 21.5 Å². The van der Waals surface area contributed by atoms with Crippen molar-refractivity contribution in [3.63, 3.8) is 0 Å². The van der Waals surface area contributed by atoms with Gasteiger partial charge in [0.05, 0.1) is 15.9 Å². The summed E-state index contributed by atoms with van der Waals surface area (Å²) in [4.78, 5) is 31.4. The number of carbonyl (C=O) groups excluding carboxylic acids is 1. The number of hydrogen-bond donors (Lipinski definition) is 1. The molecule has 1 aromatic rings. The lowest BCUT2D eigenvalue weighted by Crippen LogP contribution is -2.26. The van der Waals surface area contributed by atoms with E-state index in [0.29, 0.717) is 12.1 Å². The second-order valence-electron chi connectivity index (χ2n) is 6.60. The molecule has 0 aliphatic heterocycles. The quantitative estimate of drug-likeness (QED) is 0.447. The molecule has 1 aliphatic carbocycles. The Labute approximate surface area is 142 Å². The fraction of sp³-hybridized carbons (Fsp3) is 0.467. The second kappa shape index (κ2) is 6.46. The van der Waals surface area contributed by atoms with Crippen molar-refractivity contribution < 1.29 is 19.7 Å². The second-order valence-corrected chi connectivity index (χ2v) is 6.60. The molecule has 1 N–H and O–H groups in total. The smallest absolute Gasteiger partial charge is 0.301 e. The minimum absolute atomic E-state index is 0.0152. The Balaban J connectivity index is 2.12. The zero-order chi connectivity index (χ0) is 18.9. The van der Waals surface area contributed by atoms with Crippen molar-refractivity contribution in [2.24, 2.45) is 22.4 Å². The summed E-state index contributed by atoms with van der Waals surface area (Å²) in [5, 5.41) is 36.9. The fourth-order valence-electron chi connectivity index (χ4n) is 2.99. The van der Waals surface area contributed by atoms with Crippen molar-refractivity contribution in [3.05, 3.63) is 38.4 Å². The molecular formula is C15H17N4O6-. The van der Waals surface area contributed by atoms with Gasteiger partial charge in [0.15, 0.2) is 0 Å². The first-order chi connectivity index (χ1) is 11.6. The summed E-state index contributed by atoms with van der Waals surface area (Å²) < 4.78 is 0. The third-order valence-electron chi connectivity index (χ3n) is 4.58. The molecule has 10 heteroatoms. The molecule has 0 radical (unpaired) electrons. The van der Waals surface area contributed by atoms with E-state index in [4.69, 9.17) is 0 Å². The summed E-state index contributed by atoms with van der Waals surface area (Å²) >= 11 is 0. The number of nitrogens with one attached hydrogen (secondary N) is 1. The molecule has 10 nitrogen and oxygen atoms in total. The van der Waals surface area contributed by atoms with Crippen LogP contribution in [0.3, 0.4) is 0 Å². The van der Waals surface area contributed by atoms with Crippen LogP contribution in [0.15, 0.2) is 23.3 Å². The van der Waals surface area contributed by atoms with Crippen LogP contribution in [-0.2, 0) is 4.79 Å². The Hall–Kier alpha value is -3.04. The number of rotatable bonds is 7. The van der Waals surface area contributed by atoms with Crippen LogP contribution in [0.4, 0.5) is 17.1 Å². The van der Waals surface area contributed by atoms with E-state index in [1.165, 1.54) is 6.07 Å². The van der Waals surface area contributed by atoms with E-state index < -0.39 is 33.1 Å². The maximum atomic E-state index is 11.1. The van der Waals surface area contributed by atoms with Crippen molar-refractivity contribution in [2.75, 3.05) is 5.43 Å². The van der Waals surface area contributed by atoms with Crippen LogP contribution in [0.2, 0.25) is 0 Å². The number of nitro groups is 2. The maximum Gasteiger partial charge on any atom is 0.301 e. The van der Waals surface area contributed by atoms with Gasteiger partial charge in [0, 0.05) is 23.7 Å². The number of non-ortho nitro benzene ring substituents is 1. The van der Waals surface area contributed by atoms with Gasteiger partial charge in [-0.15, -0.1) is 0 Å². The molecule has 2 rings (SSSR count). The highest BCUT2D eigenvalue weighted by atomic mass is 16.6. The van der Waals surface area contributed by atoms with Crippen molar-refractivity contribution in [1.29, 1.82) is 0 Å². The Bertz CT molecular complexity index is 773. The van der Waals surface area contributed by atoms with Gasteiger partial charge in [-0.1, -0.05) is 13.8 Å². The van der Waals surface area contributed by atoms with Gasteiger partial charge in [-0.2, -0.15) is 5.10 Å². The third-order valence-corrected chi connectivity index (χ3v) is 4.58. The lowest BCUT2D eigenvalue weighted by molar-refractivity contribution is -0.393. The van der Waals surface area contributed by atoms with Crippen LogP contribution < -0.4 is 10.5 Å². The molecule has 134 valence electrons. The van der Waals surface area contributed by atoms with Crippen molar-refractivity contribution >= 4 is 28.7 Å². The number of carboxylic acids is 1. The summed E-state index contributed by atoms with van der Waals surface area (Å²) in [6, 6.07) is 3.19. The number of hydrazone groups is 1. The van der Waals surface area contributed by atoms with Crippen molar-refractivity contribution in [2.45, 2.75) is 27.2 Å². The Morgan fingerprint density at radius 3 is 2.40 bits per heavy atom. The summed E-state index contributed by atoms with van der Waals surface area (Å²) in [5.41, 5.74) is 1.86. The molecular weight excluding hydrogens is 332 g/mol. The lowest BCUT2D eigenvalue weighted by atomic mass is 10.1. The zero-order valence-corrected chi connectivity index (χ0v) is 13.9. The van der Waals surface area contributed by atoms with Crippen molar-refractivity contribution in [1.82, 2.24) is 0 Å². The standard InChI is InChI=1S/C15H18N4O6/c1-8(6-10-13(14(20)21)15(10,2)3)16-17-11-5-4-9(18(22)23)7-12(11)19(24)25/h4-5,7,10,13,17H,6H2,1-3H3,(H,20,21)/p-1/b16-8-/t10-,13-/m0/s1. The van der Waals surface area contributed by atoms with E-state index in [1.54, 1.807) is 6.92 Å². The number of carbonyl (C=O) groups is 1. The largest absolute Gasteiger partial charge is 0.550 e. The number of nitrogens with zero attached hydrogens (tertiary/aromatic N) is 3. The van der Waals surface area contributed by atoms with Gasteiger partial charge in [0.1, 0.15) is 5.69 Å². The molecule has 0 aromatic heterocycles. The van der Waals surface area contributed by atoms with Gasteiger partial charge in [-0.3, -0.25) is 25.7 Å². The summed E-state index contributed by atoms with van der Waals surface area (Å²) in [6.45, 7) is 5.34. The molecule has 0 amide bonds. The molecule has 0 spiro atoms. The molecule has 2 atom stereocenters. The minimum atomic E-state index is -1.10. The van der Waals surface area contributed by atoms with Crippen LogP contribution in [0.5, 0.6) is 0 Å². The topological polar surface area (TPSA) is 151 Å². The average Bonchev–Trinajstić information content (AvgIpc) is 3.05. The highest BCUT2D eigenvalue weighted by Gasteiger charge is 2.58. The predicted molar refractivity (Wildman–Crippen MR) is 86.9 cm³/mol. The summed E-state index contributed by atoms with van der Waals surface area (Å²) in [5.74, 6) is -1.76. The Morgan fingerprint density at radius 2 is 1.92 bits per heavy atom. The number of benzene rings is 1. The monoisotopic (exact) mass is 349 g/mol. The van der Waals surface area contributed by atoms with E-state index >= 15 is 0 Å². The van der Waals surface area contributed by atoms with Crippen LogP contribution >= 0.6 is 0 Å². The number of anilines is 1. The van der Waals surface area contributed by atoms with Gasteiger partial charge in [0.2, 0.25) is 0 Å². The highest BCUT2D eigenvalue weighted by molar-refractivity contribution is 5.85. The van der Waals surface area contributed by atoms with Gasteiger partial charge in [-0.05, 0) is 30.7 Å². The van der Waals surface area contributed by atoms with E-state index in [1.807, 2.05) is 13.8 Å². The van der Waals surface area contributed by atoms with E-state index in [-0.39, 0.29) is 17.0 Å². The first-order valence-corrected chi connectivity index (χ1v) is 7.48. The number of aliphatic carboxylic acids is 1. The third kappa shape index (κ3) is 3.73.